The lowest BCUT2D eigenvalue weighted by Gasteiger charge is -2.08. The smallest absolute Gasteiger partial charge is 0.119 e. The molecule has 110 valence electrons. The summed E-state index contributed by atoms with van der Waals surface area (Å²) in [6.45, 7) is 5.23. The van der Waals surface area contributed by atoms with Gasteiger partial charge in [-0.15, -0.1) is 0 Å². The summed E-state index contributed by atoms with van der Waals surface area (Å²) in [5, 5.41) is 0. The van der Waals surface area contributed by atoms with Crippen molar-refractivity contribution in [1.29, 1.82) is 0 Å². The molecule has 0 aliphatic heterocycles. The molecule has 0 saturated carbocycles. The van der Waals surface area contributed by atoms with Crippen LogP contribution in [0.5, 0.6) is 0 Å². The molecule has 0 aliphatic carbocycles. The molecule has 2 heteroatoms. The molecule has 0 N–H and O–H groups in total. The van der Waals surface area contributed by atoms with E-state index in [-0.39, 0.29) is 0 Å². The Kier molecular flexibility index (Phi) is 21.0. The molecule has 0 aromatic heterocycles. The van der Waals surface area contributed by atoms with Gasteiger partial charge in [0, 0.05) is 6.42 Å². The Morgan fingerprint density at radius 1 is 0.722 bits per heavy atom. The van der Waals surface area contributed by atoms with Crippen LogP contribution in [0.25, 0.3) is 0 Å². The second-order valence-corrected chi connectivity index (χ2v) is 4.94. The minimum Gasteiger partial charge on any atom is -0.309 e. The van der Waals surface area contributed by atoms with E-state index in [1.54, 1.807) is 0 Å². The van der Waals surface area contributed by atoms with Crippen molar-refractivity contribution in [2.24, 2.45) is 0 Å². The van der Waals surface area contributed by atoms with Gasteiger partial charge in [-0.3, -0.25) is 0 Å². The van der Waals surface area contributed by atoms with Gasteiger partial charge < -0.3 is 9.69 Å². The summed E-state index contributed by atoms with van der Waals surface area (Å²) in [6, 6.07) is 0. The molecule has 0 rings (SSSR count). The van der Waals surface area contributed by atoms with Gasteiger partial charge in [0.25, 0.3) is 0 Å². The van der Waals surface area contributed by atoms with E-state index in [1.165, 1.54) is 57.9 Å². The molecule has 0 amide bonds. The number of hydrogen-bond donors (Lipinski definition) is 0. The molecule has 0 aromatic carbocycles. The second-order valence-electron chi connectivity index (χ2n) is 4.94. The molecule has 0 heterocycles. The van der Waals surface area contributed by atoms with E-state index < -0.39 is 0 Å². The molecule has 0 aromatic rings. The largest absolute Gasteiger partial charge is 0.309 e. The van der Waals surface area contributed by atoms with E-state index in [2.05, 4.69) is 19.0 Å². The van der Waals surface area contributed by atoms with Crippen molar-refractivity contribution in [3.63, 3.8) is 0 Å². The number of carbonyl (C=O) groups is 1. The van der Waals surface area contributed by atoms with Gasteiger partial charge >= 0.3 is 0 Å². The van der Waals surface area contributed by atoms with E-state index >= 15 is 0 Å². The fourth-order valence-electron chi connectivity index (χ4n) is 1.89. The van der Waals surface area contributed by atoms with Gasteiger partial charge in [-0.1, -0.05) is 58.8 Å². The first-order valence-electron chi connectivity index (χ1n) is 7.85. The standard InChI is InChI=1S/C14H29NO.C2H6/c1-15(2)13-11-9-7-5-3-4-6-8-10-12-14-16;1-2/h14H,3-13H2,1-2H3;1-2H3. The van der Waals surface area contributed by atoms with Crippen molar-refractivity contribution in [2.75, 3.05) is 20.6 Å². The summed E-state index contributed by atoms with van der Waals surface area (Å²) in [6.07, 6.45) is 13.7. The number of nitrogens with zero attached hydrogens (tertiary/aromatic N) is 1. The Bertz CT molecular complexity index is 146. The van der Waals surface area contributed by atoms with E-state index in [0.717, 1.165) is 19.1 Å². The molecule has 0 aliphatic rings. The third kappa shape index (κ3) is 21.0. The number of aldehydes is 1. The fourth-order valence-corrected chi connectivity index (χ4v) is 1.89. The highest BCUT2D eigenvalue weighted by Gasteiger charge is 1.93. The van der Waals surface area contributed by atoms with Crippen LogP contribution in [0.1, 0.15) is 78.1 Å². The summed E-state index contributed by atoms with van der Waals surface area (Å²) < 4.78 is 0. The summed E-state index contributed by atoms with van der Waals surface area (Å²) in [4.78, 5) is 12.3. The zero-order valence-electron chi connectivity index (χ0n) is 13.2. The summed E-state index contributed by atoms with van der Waals surface area (Å²) in [5.41, 5.74) is 0. The minimum atomic E-state index is 0.754. The topological polar surface area (TPSA) is 20.3 Å². The van der Waals surface area contributed by atoms with Crippen molar-refractivity contribution in [3.05, 3.63) is 0 Å². The Labute approximate surface area is 115 Å². The highest BCUT2D eigenvalue weighted by atomic mass is 16.1. The maximum atomic E-state index is 10.1. The highest BCUT2D eigenvalue weighted by Crippen LogP contribution is 2.10. The lowest BCUT2D eigenvalue weighted by Crippen LogP contribution is -2.12. The van der Waals surface area contributed by atoms with Crippen LogP contribution in [0.15, 0.2) is 0 Å². The maximum Gasteiger partial charge on any atom is 0.119 e. The normalized spacial score (nSPS) is 10.1. The van der Waals surface area contributed by atoms with Crippen molar-refractivity contribution >= 4 is 6.29 Å². The zero-order valence-corrected chi connectivity index (χ0v) is 13.2. The highest BCUT2D eigenvalue weighted by molar-refractivity contribution is 5.48. The first kappa shape index (κ1) is 20.0. The monoisotopic (exact) mass is 257 g/mol. The zero-order chi connectivity index (χ0) is 14.1. The molecule has 2 nitrogen and oxygen atoms in total. The number of carbonyl (C=O) groups excluding carboxylic acids is 1. The van der Waals surface area contributed by atoms with Crippen LogP contribution in [-0.4, -0.2) is 31.8 Å². The van der Waals surface area contributed by atoms with Gasteiger partial charge in [0.1, 0.15) is 6.29 Å². The molecule has 0 atom stereocenters. The molecule has 0 unspecified atom stereocenters. The van der Waals surface area contributed by atoms with Crippen molar-refractivity contribution in [2.45, 2.75) is 78.1 Å². The molecule has 0 fully saturated rings. The second kappa shape index (κ2) is 19.0. The van der Waals surface area contributed by atoms with E-state index in [0.29, 0.717) is 0 Å². The van der Waals surface area contributed by atoms with Crippen molar-refractivity contribution in [3.8, 4) is 0 Å². The van der Waals surface area contributed by atoms with Crippen LogP contribution in [0.2, 0.25) is 0 Å². The number of rotatable bonds is 12. The van der Waals surface area contributed by atoms with Crippen LogP contribution in [0.4, 0.5) is 0 Å². The Hall–Kier alpha value is -0.370. The Morgan fingerprint density at radius 3 is 1.50 bits per heavy atom. The summed E-state index contributed by atoms with van der Waals surface area (Å²) in [7, 11) is 4.28. The van der Waals surface area contributed by atoms with Crippen molar-refractivity contribution in [1.82, 2.24) is 4.90 Å². The van der Waals surface area contributed by atoms with E-state index in [1.807, 2.05) is 13.8 Å². The van der Waals surface area contributed by atoms with Gasteiger partial charge in [-0.05, 0) is 33.5 Å². The maximum absolute atomic E-state index is 10.1. The fraction of sp³-hybridized carbons (Fsp3) is 0.938. The van der Waals surface area contributed by atoms with Crippen LogP contribution < -0.4 is 0 Å². The van der Waals surface area contributed by atoms with E-state index in [9.17, 15) is 4.79 Å². The lowest BCUT2D eigenvalue weighted by atomic mass is 10.1. The van der Waals surface area contributed by atoms with Gasteiger partial charge in [0.15, 0.2) is 0 Å². The van der Waals surface area contributed by atoms with Gasteiger partial charge in [-0.25, -0.2) is 0 Å². The quantitative estimate of drug-likeness (QED) is 0.374. The average Bonchev–Trinajstić information content (AvgIpc) is 2.38. The Balaban J connectivity index is 0. The first-order valence-corrected chi connectivity index (χ1v) is 7.85. The van der Waals surface area contributed by atoms with Crippen molar-refractivity contribution < 1.29 is 4.79 Å². The predicted molar refractivity (Wildman–Crippen MR) is 82.1 cm³/mol. The van der Waals surface area contributed by atoms with Gasteiger partial charge in [0.2, 0.25) is 0 Å². The molecule has 0 saturated heterocycles. The van der Waals surface area contributed by atoms with Crippen LogP contribution in [-0.2, 0) is 4.79 Å². The minimum absolute atomic E-state index is 0.754. The van der Waals surface area contributed by atoms with Crippen LogP contribution in [0.3, 0.4) is 0 Å². The summed E-state index contributed by atoms with van der Waals surface area (Å²) in [5.74, 6) is 0. The first-order chi connectivity index (χ1) is 8.77. The Morgan fingerprint density at radius 2 is 1.11 bits per heavy atom. The molecule has 0 radical (unpaired) electrons. The number of hydrogen-bond acceptors (Lipinski definition) is 2. The lowest BCUT2D eigenvalue weighted by molar-refractivity contribution is -0.107. The van der Waals surface area contributed by atoms with Gasteiger partial charge in [0.05, 0.1) is 0 Å². The molecular weight excluding hydrogens is 222 g/mol. The van der Waals surface area contributed by atoms with E-state index in [4.69, 9.17) is 0 Å². The third-order valence-corrected chi connectivity index (χ3v) is 2.93. The van der Waals surface area contributed by atoms with Gasteiger partial charge in [-0.2, -0.15) is 0 Å². The third-order valence-electron chi connectivity index (χ3n) is 2.93. The number of unbranched alkanes of at least 4 members (excludes halogenated alkanes) is 9. The average molecular weight is 257 g/mol. The predicted octanol–water partition coefficient (Wildman–Crippen LogP) is 4.67. The SMILES string of the molecule is CC.CN(C)CCCCCCCCCCCC=O. The molecule has 0 bridgehead atoms. The summed E-state index contributed by atoms with van der Waals surface area (Å²) >= 11 is 0. The molecular formula is C16H35NO. The molecule has 18 heavy (non-hydrogen) atoms. The molecule has 0 spiro atoms. The van der Waals surface area contributed by atoms with Crippen LogP contribution in [0, 0.1) is 0 Å². The van der Waals surface area contributed by atoms with Crippen LogP contribution >= 0.6 is 0 Å².